The monoisotopic (exact) mass is 406 g/mol. The Morgan fingerprint density at radius 1 is 1.07 bits per heavy atom. The molecule has 12 heteroatoms. The molecule has 1 aromatic carbocycles. The smallest absolute Gasteiger partial charge is 0.389 e. The van der Waals surface area contributed by atoms with Crippen molar-refractivity contribution >= 4 is 12.1 Å². The van der Waals surface area contributed by atoms with Crippen molar-refractivity contribution in [2.45, 2.75) is 18.5 Å². The Hall–Kier alpha value is -2.89. The van der Waals surface area contributed by atoms with Crippen LogP contribution in [0.1, 0.15) is 11.1 Å². The Bertz CT molecular complexity index is 880. The maximum Gasteiger partial charge on any atom is 0.416 e. The van der Waals surface area contributed by atoms with E-state index in [2.05, 4.69) is 10.1 Å². The standard InChI is InChI=1S/C16H12F6N4O2/c17-15(18,19)10-3-9(4-11(5-10)16(20,21)22)14-23-8-26(24-14)2-1-13(28)25-6-12(27)7-25/h1-5,8,12,27H,6-7H2/b2-1-. The van der Waals surface area contributed by atoms with E-state index in [-0.39, 0.29) is 25.0 Å². The first-order valence-corrected chi connectivity index (χ1v) is 7.79. The van der Waals surface area contributed by atoms with Crippen LogP contribution in [0.2, 0.25) is 0 Å². The first-order valence-electron chi connectivity index (χ1n) is 7.79. The van der Waals surface area contributed by atoms with Crippen molar-refractivity contribution < 1.29 is 36.2 Å². The van der Waals surface area contributed by atoms with Crippen LogP contribution in [0, 0.1) is 0 Å². The number of alkyl halides is 6. The molecule has 3 rings (SSSR count). The number of benzene rings is 1. The molecule has 2 aromatic rings. The van der Waals surface area contributed by atoms with Crippen molar-refractivity contribution in [2.75, 3.05) is 13.1 Å². The molecule has 0 unspecified atom stereocenters. The molecular formula is C16H12F6N4O2. The van der Waals surface area contributed by atoms with Gasteiger partial charge < -0.3 is 10.0 Å². The molecule has 0 atom stereocenters. The normalized spacial score (nSPS) is 15.9. The molecule has 1 aliphatic heterocycles. The van der Waals surface area contributed by atoms with Gasteiger partial charge in [-0.05, 0) is 18.2 Å². The number of amides is 1. The molecular weight excluding hydrogens is 394 g/mol. The van der Waals surface area contributed by atoms with Gasteiger partial charge in [-0.2, -0.15) is 26.3 Å². The molecule has 28 heavy (non-hydrogen) atoms. The summed E-state index contributed by atoms with van der Waals surface area (Å²) in [6.07, 6.45) is -7.25. The molecule has 1 saturated heterocycles. The van der Waals surface area contributed by atoms with Crippen LogP contribution in [-0.4, -0.2) is 49.9 Å². The second-order valence-corrected chi connectivity index (χ2v) is 6.06. The van der Waals surface area contributed by atoms with Crippen LogP contribution in [0.15, 0.2) is 30.6 Å². The molecule has 1 fully saturated rings. The average molecular weight is 406 g/mol. The highest BCUT2D eigenvalue weighted by atomic mass is 19.4. The van der Waals surface area contributed by atoms with Gasteiger partial charge in [-0.15, -0.1) is 5.10 Å². The summed E-state index contributed by atoms with van der Waals surface area (Å²) in [5.41, 5.74) is -3.42. The number of carbonyl (C=O) groups excluding carboxylic acids is 1. The number of aromatic nitrogens is 3. The molecule has 0 aliphatic carbocycles. The Labute approximate surface area is 153 Å². The highest BCUT2D eigenvalue weighted by molar-refractivity contribution is 5.90. The Morgan fingerprint density at radius 3 is 2.14 bits per heavy atom. The third-order valence-corrected chi connectivity index (χ3v) is 3.90. The highest BCUT2D eigenvalue weighted by Gasteiger charge is 2.37. The van der Waals surface area contributed by atoms with Gasteiger partial charge in [0.15, 0.2) is 5.82 Å². The zero-order chi connectivity index (χ0) is 20.7. The summed E-state index contributed by atoms with van der Waals surface area (Å²) in [6, 6.07) is 1.05. The number of aliphatic hydroxyl groups is 1. The second-order valence-electron chi connectivity index (χ2n) is 6.06. The van der Waals surface area contributed by atoms with Gasteiger partial charge in [0.05, 0.1) is 17.2 Å². The molecule has 1 aliphatic rings. The first-order chi connectivity index (χ1) is 12.9. The summed E-state index contributed by atoms with van der Waals surface area (Å²) in [5, 5.41) is 12.9. The number of likely N-dealkylation sites (tertiary alicyclic amines) is 1. The minimum Gasteiger partial charge on any atom is -0.389 e. The fourth-order valence-corrected chi connectivity index (χ4v) is 2.44. The minimum absolute atomic E-state index is 0.0144. The maximum atomic E-state index is 12.9. The van der Waals surface area contributed by atoms with E-state index >= 15 is 0 Å². The largest absolute Gasteiger partial charge is 0.416 e. The summed E-state index contributed by atoms with van der Waals surface area (Å²) < 4.78 is 78.5. The fourth-order valence-electron chi connectivity index (χ4n) is 2.44. The predicted octanol–water partition coefficient (Wildman–Crippen LogP) is 2.66. The van der Waals surface area contributed by atoms with Crippen LogP contribution in [-0.2, 0) is 17.1 Å². The van der Waals surface area contributed by atoms with E-state index in [9.17, 15) is 31.1 Å². The van der Waals surface area contributed by atoms with Crippen LogP contribution in [0.5, 0.6) is 0 Å². The summed E-state index contributed by atoms with van der Waals surface area (Å²) >= 11 is 0. The van der Waals surface area contributed by atoms with E-state index in [1.165, 1.54) is 4.90 Å². The second kappa shape index (κ2) is 6.93. The Balaban J connectivity index is 1.87. The molecule has 0 bridgehead atoms. The summed E-state index contributed by atoms with van der Waals surface area (Å²) in [4.78, 5) is 16.8. The third kappa shape index (κ3) is 4.32. The lowest BCUT2D eigenvalue weighted by atomic mass is 10.0. The average Bonchev–Trinajstić information content (AvgIpc) is 3.04. The first kappa shape index (κ1) is 19.9. The summed E-state index contributed by atoms with van der Waals surface area (Å²) in [5.74, 6) is -0.797. The van der Waals surface area contributed by atoms with Crippen LogP contribution >= 0.6 is 0 Å². The zero-order valence-corrected chi connectivity index (χ0v) is 13.9. The summed E-state index contributed by atoms with van der Waals surface area (Å²) in [7, 11) is 0. The lowest BCUT2D eigenvalue weighted by molar-refractivity contribution is -0.143. The van der Waals surface area contributed by atoms with Gasteiger partial charge in [-0.1, -0.05) is 0 Å². The maximum absolute atomic E-state index is 12.9. The number of carbonyl (C=O) groups is 1. The van der Waals surface area contributed by atoms with E-state index in [1.807, 2.05) is 0 Å². The Kier molecular flexibility index (Phi) is 4.91. The van der Waals surface area contributed by atoms with Crippen molar-refractivity contribution in [1.29, 1.82) is 0 Å². The third-order valence-electron chi connectivity index (χ3n) is 3.90. The molecule has 1 N–H and O–H groups in total. The molecule has 1 aromatic heterocycles. The molecule has 0 spiro atoms. The molecule has 150 valence electrons. The quantitative estimate of drug-likeness (QED) is 0.629. The number of halogens is 6. The number of aliphatic hydroxyl groups excluding tert-OH is 1. The summed E-state index contributed by atoms with van der Waals surface area (Å²) in [6.45, 7) is 0.354. The molecule has 0 saturated carbocycles. The van der Waals surface area contributed by atoms with Crippen molar-refractivity contribution in [3.8, 4) is 11.4 Å². The highest BCUT2D eigenvalue weighted by Crippen LogP contribution is 2.38. The van der Waals surface area contributed by atoms with Crippen molar-refractivity contribution in [3.63, 3.8) is 0 Å². The van der Waals surface area contributed by atoms with Gasteiger partial charge in [0.1, 0.15) is 6.33 Å². The van der Waals surface area contributed by atoms with E-state index in [1.54, 1.807) is 0 Å². The van der Waals surface area contributed by atoms with Crippen LogP contribution in [0.3, 0.4) is 0 Å². The molecule has 0 radical (unpaired) electrons. The Morgan fingerprint density at radius 2 is 1.64 bits per heavy atom. The van der Waals surface area contributed by atoms with E-state index in [4.69, 9.17) is 5.11 Å². The van der Waals surface area contributed by atoms with Gasteiger partial charge in [0.25, 0.3) is 0 Å². The van der Waals surface area contributed by atoms with Crippen LogP contribution in [0.4, 0.5) is 26.3 Å². The molecule has 6 nitrogen and oxygen atoms in total. The SMILES string of the molecule is O=C(/C=C\n1cnc(-c2cc(C(F)(F)F)cc(C(F)(F)F)c2)n1)N1CC(O)C1. The van der Waals surface area contributed by atoms with Gasteiger partial charge in [-0.25, -0.2) is 9.67 Å². The van der Waals surface area contributed by atoms with Gasteiger partial charge in [-0.3, -0.25) is 4.79 Å². The fraction of sp³-hybridized carbons (Fsp3) is 0.312. The zero-order valence-electron chi connectivity index (χ0n) is 13.9. The van der Waals surface area contributed by atoms with E-state index < -0.39 is 41.1 Å². The van der Waals surface area contributed by atoms with Gasteiger partial charge in [0, 0.05) is 30.9 Å². The number of β-amino-alcohol motifs (C(OH)–C–C–N with tert-alkyl or cyclic N) is 1. The number of hydrogen-bond acceptors (Lipinski definition) is 4. The van der Waals surface area contributed by atoms with Crippen LogP contribution in [0.25, 0.3) is 17.6 Å². The van der Waals surface area contributed by atoms with Crippen molar-refractivity contribution in [3.05, 3.63) is 41.7 Å². The lowest BCUT2D eigenvalue weighted by Gasteiger charge is -2.34. The number of hydrogen-bond donors (Lipinski definition) is 1. The number of nitrogens with zero attached hydrogens (tertiary/aromatic N) is 4. The lowest BCUT2D eigenvalue weighted by Crippen LogP contribution is -2.52. The van der Waals surface area contributed by atoms with E-state index in [0.717, 1.165) is 23.3 Å². The van der Waals surface area contributed by atoms with Gasteiger partial charge in [0.2, 0.25) is 5.91 Å². The molecule has 2 heterocycles. The topological polar surface area (TPSA) is 71.2 Å². The van der Waals surface area contributed by atoms with Crippen LogP contribution < -0.4 is 0 Å². The number of rotatable bonds is 3. The predicted molar refractivity (Wildman–Crippen MR) is 83.4 cm³/mol. The van der Waals surface area contributed by atoms with Gasteiger partial charge >= 0.3 is 12.4 Å². The minimum atomic E-state index is -4.98. The van der Waals surface area contributed by atoms with E-state index in [0.29, 0.717) is 12.1 Å². The van der Waals surface area contributed by atoms with Crippen molar-refractivity contribution in [2.24, 2.45) is 0 Å². The molecule has 1 amide bonds. The van der Waals surface area contributed by atoms with Crippen molar-refractivity contribution in [1.82, 2.24) is 19.7 Å².